The highest BCUT2D eigenvalue weighted by Gasteiger charge is 2.07. The molecule has 1 aromatic heterocycles. The molecule has 0 aliphatic carbocycles. The Morgan fingerprint density at radius 2 is 2.00 bits per heavy atom. The molecule has 114 valence electrons. The van der Waals surface area contributed by atoms with Crippen molar-refractivity contribution in [2.45, 2.75) is 19.8 Å². The molecule has 1 heterocycles. The molecule has 0 spiro atoms. The molecule has 22 heavy (non-hydrogen) atoms. The third-order valence-electron chi connectivity index (χ3n) is 3.13. The fourth-order valence-electron chi connectivity index (χ4n) is 1.96. The Morgan fingerprint density at radius 3 is 2.59 bits per heavy atom. The van der Waals surface area contributed by atoms with Gasteiger partial charge in [-0.1, -0.05) is 13.3 Å². The predicted octanol–water partition coefficient (Wildman–Crippen LogP) is 3.02. The summed E-state index contributed by atoms with van der Waals surface area (Å²) in [5.74, 6) is 0.522. The van der Waals surface area contributed by atoms with Crippen LogP contribution in [0.4, 0.5) is 0 Å². The van der Waals surface area contributed by atoms with E-state index in [-0.39, 0.29) is 5.91 Å². The normalized spacial score (nSPS) is 11.1. The van der Waals surface area contributed by atoms with Crippen LogP contribution in [0.3, 0.4) is 0 Å². The Morgan fingerprint density at radius 1 is 1.23 bits per heavy atom. The number of amides is 1. The van der Waals surface area contributed by atoms with E-state index in [1.165, 1.54) is 6.20 Å². The van der Waals surface area contributed by atoms with Gasteiger partial charge in [0.2, 0.25) is 0 Å². The van der Waals surface area contributed by atoms with Crippen LogP contribution in [0.5, 0.6) is 5.75 Å². The highest BCUT2D eigenvalue weighted by molar-refractivity contribution is 6.02. The summed E-state index contributed by atoms with van der Waals surface area (Å²) >= 11 is 0. The Hall–Kier alpha value is -2.69. The van der Waals surface area contributed by atoms with Gasteiger partial charge >= 0.3 is 0 Å². The van der Waals surface area contributed by atoms with Crippen molar-refractivity contribution in [2.24, 2.45) is 5.10 Å². The van der Waals surface area contributed by atoms with Gasteiger partial charge in [-0.3, -0.25) is 9.78 Å². The molecule has 5 heteroatoms. The number of hydrazone groups is 1. The Bertz CT molecular complexity index is 637. The summed E-state index contributed by atoms with van der Waals surface area (Å²) in [4.78, 5) is 15.9. The second-order valence-electron chi connectivity index (χ2n) is 4.72. The molecule has 0 unspecified atom stereocenters. The lowest BCUT2D eigenvalue weighted by Crippen LogP contribution is -2.20. The number of hydrogen-bond acceptors (Lipinski definition) is 4. The fourth-order valence-corrected chi connectivity index (χ4v) is 1.96. The number of pyridine rings is 1. The first kappa shape index (κ1) is 15.7. The van der Waals surface area contributed by atoms with Crippen molar-refractivity contribution in [3.63, 3.8) is 0 Å². The molecule has 2 aromatic rings. The number of nitrogens with zero attached hydrogens (tertiary/aromatic N) is 2. The highest BCUT2D eigenvalue weighted by Crippen LogP contribution is 2.14. The quantitative estimate of drug-likeness (QED) is 0.658. The van der Waals surface area contributed by atoms with E-state index in [9.17, 15) is 4.79 Å². The van der Waals surface area contributed by atoms with Crippen LogP contribution in [0, 0.1) is 0 Å². The lowest BCUT2D eigenvalue weighted by Gasteiger charge is -2.07. The van der Waals surface area contributed by atoms with Crippen molar-refractivity contribution in [3.05, 3.63) is 59.9 Å². The fraction of sp³-hybridized carbons (Fsp3) is 0.235. The van der Waals surface area contributed by atoms with Crippen LogP contribution in [0.25, 0.3) is 0 Å². The third-order valence-corrected chi connectivity index (χ3v) is 3.13. The van der Waals surface area contributed by atoms with Gasteiger partial charge in [0.15, 0.2) is 0 Å². The van der Waals surface area contributed by atoms with E-state index >= 15 is 0 Å². The molecule has 1 N–H and O–H groups in total. The lowest BCUT2D eigenvalue weighted by molar-refractivity contribution is 0.0954. The number of nitrogens with one attached hydrogen (secondary N) is 1. The number of ether oxygens (including phenoxy) is 1. The lowest BCUT2D eigenvalue weighted by atomic mass is 10.1. The Kier molecular flexibility index (Phi) is 5.65. The Labute approximate surface area is 130 Å². The summed E-state index contributed by atoms with van der Waals surface area (Å²) in [5.41, 5.74) is 4.87. The number of methoxy groups -OCH3 is 1. The minimum atomic E-state index is -0.268. The van der Waals surface area contributed by atoms with Crippen LogP contribution in [0.1, 0.15) is 35.7 Å². The van der Waals surface area contributed by atoms with Crippen LogP contribution in [0.15, 0.2) is 53.9 Å². The number of hydrogen-bond donors (Lipinski definition) is 1. The average molecular weight is 297 g/mol. The van der Waals surface area contributed by atoms with Gasteiger partial charge in [0.1, 0.15) is 5.75 Å². The zero-order valence-electron chi connectivity index (χ0n) is 12.7. The number of carbonyl (C=O) groups is 1. The maximum absolute atomic E-state index is 12.0. The van der Waals surface area contributed by atoms with Crippen molar-refractivity contribution in [1.29, 1.82) is 0 Å². The largest absolute Gasteiger partial charge is 0.497 e. The predicted molar refractivity (Wildman–Crippen MR) is 86.1 cm³/mol. The van der Waals surface area contributed by atoms with Crippen LogP contribution in [0.2, 0.25) is 0 Å². The minimum Gasteiger partial charge on any atom is -0.497 e. The number of rotatable bonds is 6. The zero-order chi connectivity index (χ0) is 15.8. The summed E-state index contributed by atoms with van der Waals surface area (Å²) in [6, 6.07) is 11.0. The smallest absolute Gasteiger partial charge is 0.272 e. The van der Waals surface area contributed by atoms with Gasteiger partial charge in [-0.2, -0.15) is 5.10 Å². The molecular weight excluding hydrogens is 278 g/mol. The molecule has 0 fully saturated rings. The van der Waals surface area contributed by atoms with Gasteiger partial charge in [0, 0.05) is 12.4 Å². The number of benzene rings is 1. The molecule has 1 amide bonds. The molecule has 0 radical (unpaired) electrons. The van der Waals surface area contributed by atoms with Crippen molar-refractivity contribution in [3.8, 4) is 5.75 Å². The summed E-state index contributed by atoms with van der Waals surface area (Å²) in [6.45, 7) is 2.07. The van der Waals surface area contributed by atoms with E-state index in [0.717, 1.165) is 29.9 Å². The van der Waals surface area contributed by atoms with Gasteiger partial charge in [-0.05, 0) is 48.4 Å². The summed E-state index contributed by atoms with van der Waals surface area (Å²) < 4.78 is 5.15. The van der Waals surface area contributed by atoms with E-state index in [0.29, 0.717) is 5.56 Å². The van der Waals surface area contributed by atoms with Crippen LogP contribution in [-0.2, 0) is 0 Å². The van der Waals surface area contributed by atoms with Crippen molar-refractivity contribution in [2.75, 3.05) is 7.11 Å². The monoisotopic (exact) mass is 297 g/mol. The van der Waals surface area contributed by atoms with Gasteiger partial charge < -0.3 is 4.74 Å². The topological polar surface area (TPSA) is 63.6 Å². The maximum atomic E-state index is 12.0. The number of carbonyl (C=O) groups excluding carboxylic acids is 1. The van der Waals surface area contributed by atoms with Crippen molar-refractivity contribution < 1.29 is 9.53 Å². The second kappa shape index (κ2) is 7.93. The van der Waals surface area contributed by atoms with Crippen LogP contribution >= 0.6 is 0 Å². The van der Waals surface area contributed by atoms with E-state index in [2.05, 4.69) is 22.4 Å². The SMILES string of the molecule is CCC/C(=N/NC(=O)c1cccnc1)c1ccc(OC)cc1. The molecular formula is C17H19N3O2. The maximum Gasteiger partial charge on any atom is 0.272 e. The first-order chi connectivity index (χ1) is 10.7. The standard InChI is InChI=1S/C17H19N3O2/c1-3-5-16(13-7-9-15(22-2)10-8-13)19-20-17(21)14-6-4-11-18-12-14/h4,6-12H,3,5H2,1-2H3,(H,20,21)/b19-16-. The van der Waals surface area contributed by atoms with Crippen molar-refractivity contribution in [1.82, 2.24) is 10.4 Å². The number of aromatic nitrogens is 1. The van der Waals surface area contributed by atoms with Gasteiger partial charge in [0.25, 0.3) is 5.91 Å². The molecule has 0 saturated heterocycles. The van der Waals surface area contributed by atoms with E-state index < -0.39 is 0 Å². The first-order valence-corrected chi connectivity index (χ1v) is 7.16. The summed E-state index contributed by atoms with van der Waals surface area (Å²) in [5, 5.41) is 4.26. The van der Waals surface area contributed by atoms with Gasteiger partial charge in [-0.15, -0.1) is 0 Å². The van der Waals surface area contributed by atoms with Crippen LogP contribution in [-0.4, -0.2) is 23.7 Å². The summed E-state index contributed by atoms with van der Waals surface area (Å²) in [7, 11) is 1.63. The molecule has 2 rings (SSSR count). The Balaban J connectivity index is 2.14. The molecule has 0 bridgehead atoms. The van der Waals surface area contributed by atoms with Gasteiger partial charge in [-0.25, -0.2) is 5.43 Å². The molecule has 0 aliphatic rings. The molecule has 0 atom stereocenters. The van der Waals surface area contributed by atoms with E-state index in [4.69, 9.17) is 4.74 Å². The molecule has 0 saturated carbocycles. The minimum absolute atomic E-state index is 0.268. The third kappa shape index (κ3) is 4.15. The highest BCUT2D eigenvalue weighted by atomic mass is 16.5. The molecule has 1 aromatic carbocycles. The molecule has 0 aliphatic heterocycles. The second-order valence-corrected chi connectivity index (χ2v) is 4.72. The van der Waals surface area contributed by atoms with E-state index in [1.54, 1.807) is 25.4 Å². The molecule has 5 nitrogen and oxygen atoms in total. The first-order valence-electron chi connectivity index (χ1n) is 7.16. The van der Waals surface area contributed by atoms with Gasteiger partial charge in [0.05, 0.1) is 18.4 Å². The van der Waals surface area contributed by atoms with Crippen LogP contribution < -0.4 is 10.2 Å². The summed E-state index contributed by atoms with van der Waals surface area (Å²) in [6.07, 6.45) is 4.85. The van der Waals surface area contributed by atoms with Crippen molar-refractivity contribution >= 4 is 11.6 Å². The average Bonchev–Trinajstić information content (AvgIpc) is 2.59. The zero-order valence-corrected chi connectivity index (χ0v) is 12.7. The van der Waals surface area contributed by atoms with E-state index in [1.807, 2.05) is 24.3 Å².